The van der Waals surface area contributed by atoms with Crippen molar-refractivity contribution in [3.63, 3.8) is 0 Å². The Morgan fingerprint density at radius 3 is 2.44 bits per heavy atom. The highest BCUT2D eigenvalue weighted by Gasteiger charge is 2.38. The van der Waals surface area contributed by atoms with Crippen LogP contribution >= 0.6 is 0 Å². The van der Waals surface area contributed by atoms with E-state index in [1.165, 1.54) is 12.1 Å². The summed E-state index contributed by atoms with van der Waals surface area (Å²) >= 11 is 0. The lowest BCUT2D eigenvalue weighted by molar-refractivity contribution is -0.144. The van der Waals surface area contributed by atoms with Crippen LogP contribution in [0.15, 0.2) is 29.8 Å². The quantitative estimate of drug-likeness (QED) is 0.793. The first-order valence-corrected chi connectivity index (χ1v) is 4.39. The molecule has 0 atom stereocenters. The zero-order valence-corrected chi connectivity index (χ0v) is 8.38. The first-order valence-electron chi connectivity index (χ1n) is 4.39. The summed E-state index contributed by atoms with van der Waals surface area (Å²) in [5, 5.41) is 8.45. The van der Waals surface area contributed by atoms with Crippen LogP contribution < -0.4 is 0 Å². The van der Waals surface area contributed by atoms with Gasteiger partial charge in [0.15, 0.2) is 0 Å². The molecule has 0 aliphatic rings. The van der Waals surface area contributed by atoms with E-state index in [4.69, 9.17) is 5.11 Å². The molecule has 0 aromatic heterocycles. The number of aliphatic carboxylic acids is 1. The number of hydrogen-bond acceptors (Lipinski definition) is 1. The lowest BCUT2D eigenvalue weighted by Crippen LogP contribution is -2.19. The molecular formula is C11H9F3O2. The van der Waals surface area contributed by atoms with Gasteiger partial charge in [0.25, 0.3) is 0 Å². The van der Waals surface area contributed by atoms with Crippen molar-refractivity contribution in [2.75, 3.05) is 0 Å². The van der Waals surface area contributed by atoms with E-state index in [2.05, 4.69) is 0 Å². The minimum absolute atomic E-state index is 0.217. The maximum Gasteiger partial charge on any atom is 0.423 e. The van der Waals surface area contributed by atoms with Gasteiger partial charge in [0.1, 0.15) is 5.57 Å². The van der Waals surface area contributed by atoms with Crippen molar-refractivity contribution in [1.82, 2.24) is 0 Å². The molecule has 0 unspecified atom stereocenters. The minimum atomic E-state index is -4.85. The molecule has 0 bridgehead atoms. The molecule has 0 aliphatic carbocycles. The fourth-order valence-corrected chi connectivity index (χ4v) is 1.19. The molecule has 0 saturated carbocycles. The fourth-order valence-electron chi connectivity index (χ4n) is 1.19. The largest absolute Gasteiger partial charge is 0.478 e. The molecule has 16 heavy (non-hydrogen) atoms. The molecule has 1 aromatic rings. The smallest absolute Gasteiger partial charge is 0.423 e. The van der Waals surface area contributed by atoms with Crippen molar-refractivity contribution >= 4 is 12.0 Å². The van der Waals surface area contributed by atoms with Gasteiger partial charge >= 0.3 is 12.1 Å². The molecule has 1 aromatic carbocycles. The lowest BCUT2D eigenvalue weighted by Gasteiger charge is -2.07. The van der Waals surface area contributed by atoms with E-state index in [-0.39, 0.29) is 5.56 Å². The van der Waals surface area contributed by atoms with Crippen molar-refractivity contribution in [2.24, 2.45) is 0 Å². The van der Waals surface area contributed by atoms with Crippen LogP contribution in [-0.4, -0.2) is 17.3 Å². The topological polar surface area (TPSA) is 37.3 Å². The van der Waals surface area contributed by atoms with Crippen LogP contribution in [0.5, 0.6) is 0 Å². The zero-order valence-electron chi connectivity index (χ0n) is 8.38. The third-order valence-electron chi connectivity index (χ3n) is 1.89. The molecule has 0 saturated heterocycles. The number of carboxylic acid groups (broad SMARTS) is 1. The van der Waals surface area contributed by atoms with Gasteiger partial charge in [0, 0.05) is 0 Å². The number of carboxylic acids is 1. The molecule has 1 rings (SSSR count). The van der Waals surface area contributed by atoms with Gasteiger partial charge in [-0.05, 0) is 18.6 Å². The second kappa shape index (κ2) is 4.38. The fraction of sp³-hybridized carbons (Fsp3) is 0.182. The third kappa shape index (κ3) is 3.12. The van der Waals surface area contributed by atoms with E-state index in [0.29, 0.717) is 6.08 Å². The maximum absolute atomic E-state index is 12.3. The van der Waals surface area contributed by atoms with Gasteiger partial charge in [-0.3, -0.25) is 0 Å². The molecule has 1 N–H and O–H groups in total. The Kier molecular flexibility index (Phi) is 3.37. The summed E-state index contributed by atoms with van der Waals surface area (Å²) in [5.74, 6) is -1.98. The second-order valence-corrected chi connectivity index (χ2v) is 3.28. The predicted octanol–water partition coefficient (Wildman–Crippen LogP) is 3.03. The summed E-state index contributed by atoms with van der Waals surface area (Å²) < 4.78 is 36.9. The van der Waals surface area contributed by atoms with E-state index in [0.717, 1.165) is 5.56 Å². The summed E-state index contributed by atoms with van der Waals surface area (Å²) in [5.41, 5.74) is -0.589. The Bertz CT molecular complexity index is 433. The highest BCUT2D eigenvalue weighted by molar-refractivity contribution is 5.93. The van der Waals surface area contributed by atoms with Crippen LogP contribution in [0.25, 0.3) is 6.08 Å². The van der Waals surface area contributed by atoms with Gasteiger partial charge in [-0.25, -0.2) is 4.79 Å². The maximum atomic E-state index is 12.3. The standard InChI is InChI=1S/C11H9F3O2/c1-7-3-2-4-8(5-7)6-9(10(15)16)11(12,13)14/h2-6H,1H3,(H,15,16)/b9-6+. The first kappa shape index (κ1) is 12.3. The Hall–Kier alpha value is -1.78. The van der Waals surface area contributed by atoms with Crippen molar-refractivity contribution in [2.45, 2.75) is 13.1 Å². The van der Waals surface area contributed by atoms with Crippen molar-refractivity contribution in [3.05, 3.63) is 41.0 Å². The molecule has 2 nitrogen and oxygen atoms in total. The Labute approximate surface area is 90.0 Å². The lowest BCUT2D eigenvalue weighted by atomic mass is 10.1. The average Bonchev–Trinajstić information content (AvgIpc) is 2.12. The van der Waals surface area contributed by atoms with E-state index in [1.807, 2.05) is 0 Å². The molecule has 0 radical (unpaired) electrons. The number of alkyl halides is 3. The molecular weight excluding hydrogens is 221 g/mol. The summed E-state index contributed by atoms with van der Waals surface area (Å²) in [6, 6.07) is 6.18. The van der Waals surface area contributed by atoms with Gasteiger partial charge in [-0.1, -0.05) is 29.8 Å². The average molecular weight is 230 g/mol. The summed E-state index contributed by atoms with van der Waals surface area (Å²) in [4.78, 5) is 10.4. The van der Waals surface area contributed by atoms with Crippen LogP contribution in [0.4, 0.5) is 13.2 Å². The van der Waals surface area contributed by atoms with E-state index in [9.17, 15) is 18.0 Å². The third-order valence-corrected chi connectivity index (χ3v) is 1.89. The Balaban J connectivity index is 3.18. The highest BCUT2D eigenvalue weighted by atomic mass is 19.4. The Morgan fingerprint density at radius 2 is 2.00 bits per heavy atom. The molecule has 0 spiro atoms. The van der Waals surface area contributed by atoms with Gasteiger partial charge < -0.3 is 5.11 Å². The molecule has 86 valence electrons. The zero-order chi connectivity index (χ0) is 12.3. The number of hydrogen-bond donors (Lipinski definition) is 1. The van der Waals surface area contributed by atoms with Crippen molar-refractivity contribution < 1.29 is 23.1 Å². The number of benzene rings is 1. The SMILES string of the molecule is Cc1cccc(/C=C(\C(=O)O)C(F)(F)F)c1. The summed E-state index contributed by atoms with van der Waals surface area (Å²) in [6.07, 6.45) is -4.23. The predicted molar refractivity (Wildman–Crippen MR) is 52.8 cm³/mol. The monoisotopic (exact) mass is 230 g/mol. The molecule has 0 fully saturated rings. The van der Waals surface area contributed by atoms with Gasteiger partial charge in [-0.15, -0.1) is 0 Å². The highest BCUT2D eigenvalue weighted by Crippen LogP contribution is 2.27. The van der Waals surface area contributed by atoms with Crippen LogP contribution in [0.2, 0.25) is 0 Å². The van der Waals surface area contributed by atoms with Gasteiger partial charge in [-0.2, -0.15) is 13.2 Å². The minimum Gasteiger partial charge on any atom is -0.478 e. The normalized spacial score (nSPS) is 12.6. The number of halogens is 3. The van der Waals surface area contributed by atoms with Crippen molar-refractivity contribution in [3.8, 4) is 0 Å². The molecule has 5 heteroatoms. The second-order valence-electron chi connectivity index (χ2n) is 3.28. The Morgan fingerprint density at radius 1 is 1.38 bits per heavy atom. The summed E-state index contributed by atoms with van der Waals surface area (Å²) in [6.45, 7) is 1.71. The summed E-state index contributed by atoms with van der Waals surface area (Å²) in [7, 11) is 0. The van der Waals surface area contributed by atoms with E-state index >= 15 is 0 Å². The van der Waals surface area contributed by atoms with Crippen LogP contribution in [0.3, 0.4) is 0 Å². The van der Waals surface area contributed by atoms with Gasteiger partial charge in [0.05, 0.1) is 0 Å². The van der Waals surface area contributed by atoms with Gasteiger partial charge in [0.2, 0.25) is 0 Å². The number of aryl methyl sites for hydroxylation is 1. The van der Waals surface area contributed by atoms with Crippen LogP contribution in [-0.2, 0) is 4.79 Å². The van der Waals surface area contributed by atoms with Crippen LogP contribution in [0.1, 0.15) is 11.1 Å². The van der Waals surface area contributed by atoms with E-state index in [1.54, 1.807) is 19.1 Å². The number of carbonyl (C=O) groups is 1. The first-order chi connectivity index (χ1) is 7.30. The van der Waals surface area contributed by atoms with Crippen molar-refractivity contribution in [1.29, 1.82) is 0 Å². The number of rotatable bonds is 2. The molecule has 0 amide bonds. The molecule has 0 aliphatic heterocycles. The van der Waals surface area contributed by atoms with E-state index < -0.39 is 17.7 Å². The molecule has 0 heterocycles. The van der Waals surface area contributed by atoms with Crippen LogP contribution in [0, 0.1) is 6.92 Å².